The first kappa shape index (κ1) is 19.1. The zero-order valence-corrected chi connectivity index (χ0v) is 16.9. The molecule has 1 aromatic heterocycles. The molecule has 0 aliphatic carbocycles. The van der Waals surface area contributed by atoms with E-state index in [9.17, 15) is 9.59 Å². The summed E-state index contributed by atoms with van der Waals surface area (Å²) in [5, 5.41) is 3.47. The zero-order chi connectivity index (χ0) is 20.2. The number of rotatable bonds is 5. The van der Waals surface area contributed by atoms with Gasteiger partial charge < -0.3 is 10.2 Å². The number of anilines is 1. The highest BCUT2D eigenvalue weighted by Gasteiger charge is 2.28. The van der Waals surface area contributed by atoms with E-state index in [4.69, 9.17) is 0 Å². The van der Waals surface area contributed by atoms with Crippen LogP contribution in [0.1, 0.15) is 41.0 Å². The Morgan fingerprint density at radius 1 is 1.10 bits per heavy atom. The van der Waals surface area contributed by atoms with E-state index in [0.717, 1.165) is 22.4 Å². The van der Waals surface area contributed by atoms with Crippen LogP contribution in [-0.4, -0.2) is 21.7 Å². The maximum atomic E-state index is 12.7. The third kappa shape index (κ3) is 4.43. The molecule has 1 aliphatic heterocycles. The maximum absolute atomic E-state index is 12.7. The minimum atomic E-state index is -0.322. The number of carbonyl (C=O) groups is 2. The fourth-order valence-corrected chi connectivity index (χ4v) is 4.37. The summed E-state index contributed by atoms with van der Waals surface area (Å²) in [6.07, 6.45) is 6.42. The van der Waals surface area contributed by atoms with E-state index in [1.54, 1.807) is 17.3 Å². The molecule has 0 bridgehead atoms. The Kier molecular flexibility index (Phi) is 5.53. The molecule has 0 spiro atoms. The lowest BCUT2D eigenvalue weighted by atomic mass is 9.93. The average Bonchev–Trinajstić information content (AvgIpc) is 3.15. The maximum Gasteiger partial charge on any atom is 0.228 e. The molecule has 2 heterocycles. The van der Waals surface area contributed by atoms with Crippen LogP contribution >= 0.6 is 11.3 Å². The highest BCUT2D eigenvalue weighted by molar-refractivity contribution is 7.15. The second-order valence-corrected chi connectivity index (χ2v) is 8.05. The van der Waals surface area contributed by atoms with Crippen molar-refractivity contribution in [1.29, 1.82) is 0 Å². The number of benzene rings is 2. The van der Waals surface area contributed by atoms with Gasteiger partial charge in [-0.05, 0) is 22.8 Å². The van der Waals surface area contributed by atoms with Crippen molar-refractivity contribution >= 4 is 34.4 Å². The molecule has 0 fully saturated rings. The van der Waals surface area contributed by atoms with Crippen molar-refractivity contribution in [2.45, 2.75) is 25.8 Å². The van der Waals surface area contributed by atoms with Crippen LogP contribution in [0.25, 0.3) is 6.08 Å². The van der Waals surface area contributed by atoms with Crippen LogP contribution in [0.5, 0.6) is 0 Å². The van der Waals surface area contributed by atoms with E-state index in [2.05, 4.69) is 22.4 Å². The van der Waals surface area contributed by atoms with Crippen molar-refractivity contribution in [3.8, 4) is 0 Å². The smallest absolute Gasteiger partial charge is 0.228 e. The van der Waals surface area contributed by atoms with Gasteiger partial charge in [-0.2, -0.15) is 0 Å². The Labute approximate surface area is 173 Å². The largest absolute Gasteiger partial charge is 0.311 e. The van der Waals surface area contributed by atoms with Gasteiger partial charge in [-0.1, -0.05) is 54.6 Å². The fraction of sp³-hybridized carbons (Fsp3) is 0.174. The number of nitrogens with one attached hydrogen (secondary N) is 1. The molecule has 1 N–H and O–H groups in total. The van der Waals surface area contributed by atoms with Crippen LogP contribution in [0.3, 0.4) is 0 Å². The summed E-state index contributed by atoms with van der Waals surface area (Å²) < 4.78 is 0. The van der Waals surface area contributed by atoms with Gasteiger partial charge in [0.05, 0.1) is 12.5 Å². The third-order valence-electron chi connectivity index (χ3n) is 4.87. The molecule has 0 radical (unpaired) electrons. The van der Waals surface area contributed by atoms with Crippen molar-refractivity contribution in [3.63, 3.8) is 0 Å². The Bertz CT molecular complexity index is 1060. The minimum absolute atomic E-state index is 0.0899. The molecular weight excluding hydrogens is 382 g/mol. The Morgan fingerprint density at radius 2 is 1.86 bits per heavy atom. The number of thiazole rings is 1. The van der Waals surface area contributed by atoms with Gasteiger partial charge in [0, 0.05) is 30.6 Å². The lowest BCUT2D eigenvalue weighted by Gasteiger charge is -2.32. The summed E-state index contributed by atoms with van der Waals surface area (Å²) >= 11 is 1.47. The van der Waals surface area contributed by atoms with Crippen molar-refractivity contribution in [1.82, 2.24) is 9.88 Å². The molecule has 1 aliphatic rings. The van der Waals surface area contributed by atoms with Gasteiger partial charge in [0.15, 0.2) is 5.13 Å². The topological polar surface area (TPSA) is 62.3 Å². The molecule has 1 unspecified atom stereocenters. The van der Waals surface area contributed by atoms with Crippen LogP contribution in [0, 0.1) is 0 Å². The monoisotopic (exact) mass is 403 g/mol. The predicted molar refractivity (Wildman–Crippen MR) is 115 cm³/mol. The highest BCUT2D eigenvalue weighted by Crippen LogP contribution is 2.33. The molecule has 0 saturated heterocycles. The quantitative estimate of drug-likeness (QED) is 0.675. The van der Waals surface area contributed by atoms with Gasteiger partial charge in [0.25, 0.3) is 0 Å². The molecule has 146 valence electrons. The lowest BCUT2D eigenvalue weighted by molar-refractivity contribution is -0.129. The third-order valence-corrected chi connectivity index (χ3v) is 5.78. The normalized spacial score (nSPS) is 15.1. The number of hydrogen-bond donors (Lipinski definition) is 1. The number of nitrogens with zero attached hydrogens (tertiary/aromatic N) is 2. The summed E-state index contributed by atoms with van der Waals surface area (Å²) in [5.74, 6) is -0.250. The molecule has 3 aromatic rings. The van der Waals surface area contributed by atoms with E-state index < -0.39 is 0 Å². The minimum Gasteiger partial charge on any atom is -0.311 e. The van der Waals surface area contributed by atoms with Crippen LogP contribution in [-0.2, 0) is 16.0 Å². The van der Waals surface area contributed by atoms with Crippen LogP contribution in [0.4, 0.5) is 5.13 Å². The standard InChI is InChI=1S/C23H21N3O2S/c1-16(27)26-12-11-18-9-5-6-10-20(18)21(26)14-22(28)25-23-24-15-19(29-23)13-17-7-3-2-4-8-17/h2-12,15,21H,13-14H2,1H3,(H,24,25,28). The van der Waals surface area contributed by atoms with Gasteiger partial charge in [-0.3, -0.25) is 9.59 Å². The summed E-state index contributed by atoms with van der Waals surface area (Å²) in [5.41, 5.74) is 3.21. The predicted octanol–water partition coefficient (Wildman–Crippen LogP) is 4.64. The molecule has 2 aromatic carbocycles. The second-order valence-electron chi connectivity index (χ2n) is 6.93. The Morgan fingerprint density at radius 3 is 2.66 bits per heavy atom. The fourth-order valence-electron chi connectivity index (χ4n) is 3.50. The van der Waals surface area contributed by atoms with Crippen LogP contribution in [0.2, 0.25) is 0 Å². The van der Waals surface area contributed by atoms with Gasteiger partial charge in [-0.25, -0.2) is 4.98 Å². The zero-order valence-electron chi connectivity index (χ0n) is 16.0. The van der Waals surface area contributed by atoms with Crippen molar-refractivity contribution < 1.29 is 9.59 Å². The first-order chi connectivity index (χ1) is 14.1. The first-order valence-electron chi connectivity index (χ1n) is 9.44. The molecular formula is C23H21N3O2S. The molecule has 1 atom stereocenters. The van der Waals surface area contributed by atoms with E-state index in [1.165, 1.54) is 23.8 Å². The van der Waals surface area contributed by atoms with E-state index in [1.807, 2.05) is 48.5 Å². The van der Waals surface area contributed by atoms with Crippen molar-refractivity contribution in [2.24, 2.45) is 0 Å². The molecule has 2 amide bonds. The SMILES string of the molecule is CC(=O)N1C=Cc2ccccc2C1CC(=O)Nc1ncc(Cc2ccccc2)s1. The van der Waals surface area contributed by atoms with Gasteiger partial charge in [-0.15, -0.1) is 11.3 Å². The molecule has 5 nitrogen and oxygen atoms in total. The molecule has 6 heteroatoms. The van der Waals surface area contributed by atoms with Crippen molar-refractivity contribution in [3.05, 3.63) is 88.6 Å². The van der Waals surface area contributed by atoms with Crippen molar-refractivity contribution in [2.75, 3.05) is 5.32 Å². The number of hydrogen-bond acceptors (Lipinski definition) is 4. The summed E-state index contributed by atoms with van der Waals surface area (Å²) in [4.78, 5) is 31.8. The summed E-state index contributed by atoms with van der Waals surface area (Å²) in [6.45, 7) is 1.51. The van der Waals surface area contributed by atoms with E-state index >= 15 is 0 Å². The number of aromatic nitrogens is 1. The number of carbonyl (C=O) groups excluding carboxylic acids is 2. The lowest BCUT2D eigenvalue weighted by Crippen LogP contribution is -2.33. The summed E-state index contributed by atoms with van der Waals surface area (Å²) in [6, 6.07) is 17.7. The number of fused-ring (bicyclic) bond motifs is 1. The van der Waals surface area contributed by atoms with E-state index in [-0.39, 0.29) is 24.3 Å². The first-order valence-corrected chi connectivity index (χ1v) is 10.3. The van der Waals surface area contributed by atoms with E-state index in [0.29, 0.717) is 5.13 Å². The van der Waals surface area contributed by atoms with Gasteiger partial charge in [0.1, 0.15) is 0 Å². The van der Waals surface area contributed by atoms with Crippen LogP contribution < -0.4 is 5.32 Å². The second kappa shape index (κ2) is 8.41. The molecule has 29 heavy (non-hydrogen) atoms. The summed E-state index contributed by atoms with van der Waals surface area (Å²) in [7, 11) is 0. The van der Waals surface area contributed by atoms with Gasteiger partial charge >= 0.3 is 0 Å². The highest BCUT2D eigenvalue weighted by atomic mass is 32.1. The molecule has 4 rings (SSSR count). The Balaban J connectivity index is 1.45. The Hall–Kier alpha value is -3.25. The molecule has 0 saturated carbocycles. The number of amides is 2. The van der Waals surface area contributed by atoms with Crippen LogP contribution in [0.15, 0.2) is 67.0 Å². The average molecular weight is 404 g/mol. The van der Waals surface area contributed by atoms with Gasteiger partial charge in [0.2, 0.25) is 11.8 Å².